The maximum atomic E-state index is 13.6. The van der Waals surface area contributed by atoms with Crippen molar-refractivity contribution in [2.45, 2.75) is 90.1 Å². The first-order valence-electron chi connectivity index (χ1n) is 13.9. The van der Waals surface area contributed by atoms with E-state index in [0.29, 0.717) is 18.8 Å². The highest BCUT2D eigenvalue weighted by Crippen LogP contribution is 2.82. The Bertz CT molecular complexity index is 1130. The third-order valence-electron chi connectivity index (χ3n) is 11.4. The third kappa shape index (κ3) is 2.56. The van der Waals surface area contributed by atoms with Gasteiger partial charge in [-0.25, -0.2) is 0 Å². The zero-order valence-corrected chi connectivity index (χ0v) is 22.1. The first-order valence-corrected chi connectivity index (χ1v) is 13.9. The number of carbonyl (C=O) groups excluding carboxylic acids is 2. The van der Waals surface area contributed by atoms with Crippen LogP contribution in [0, 0.1) is 45.8 Å². The SMILES string of the molecule is CC(=O)O[C@@H]1[C@@H]2O[C@@]3(OC[C@@]45C[C@@H]6[C@H](C)CC[C@H]6[C@]6(C=O)C[C@@H]4C=C(C(C)C)[C@@]56C(=O)O)O[C@@H]2O[C@@H]1[C@@H]3O. The largest absolute Gasteiger partial charge is 0.481 e. The van der Waals surface area contributed by atoms with Gasteiger partial charge in [0.25, 0.3) is 0 Å². The van der Waals surface area contributed by atoms with E-state index in [1.54, 1.807) is 0 Å². The average Bonchev–Trinajstić information content (AvgIpc) is 3.58. The maximum absolute atomic E-state index is 13.6. The normalized spacial score (nSPS) is 54.9. The number of esters is 1. The zero-order valence-electron chi connectivity index (χ0n) is 22.1. The monoisotopic (exact) mass is 532 g/mol. The van der Waals surface area contributed by atoms with Crippen LogP contribution >= 0.6 is 0 Å². The fourth-order valence-corrected chi connectivity index (χ4v) is 10.2. The van der Waals surface area contributed by atoms with Crippen LogP contribution in [-0.4, -0.2) is 71.7 Å². The number of aliphatic hydroxyl groups is 1. The smallest absolute Gasteiger partial charge is 0.316 e. The summed E-state index contributed by atoms with van der Waals surface area (Å²) in [6, 6.07) is 0. The molecule has 7 fully saturated rings. The highest BCUT2D eigenvalue weighted by atomic mass is 17.0. The number of allylic oxidation sites excluding steroid dienone is 1. The molecule has 4 saturated heterocycles. The average molecular weight is 533 g/mol. The molecule has 3 saturated carbocycles. The number of carbonyl (C=O) groups is 3. The lowest BCUT2D eigenvalue weighted by Gasteiger charge is -2.58. The molecule has 0 aromatic heterocycles. The van der Waals surface area contributed by atoms with Crippen molar-refractivity contribution in [1.82, 2.24) is 0 Å². The van der Waals surface area contributed by atoms with Crippen molar-refractivity contribution < 1.29 is 48.3 Å². The van der Waals surface area contributed by atoms with Crippen LogP contribution in [0.1, 0.15) is 53.4 Å². The van der Waals surface area contributed by atoms with Crippen LogP contribution in [0.5, 0.6) is 0 Å². The van der Waals surface area contributed by atoms with Gasteiger partial charge >= 0.3 is 17.9 Å². The molecule has 4 heterocycles. The predicted octanol–water partition coefficient (Wildman–Crippen LogP) is 2.03. The minimum atomic E-state index is -1.86. The summed E-state index contributed by atoms with van der Waals surface area (Å²) in [5, 5.41) is 22.3. The van der Waals surface area contributed by atoms with Crippen molar-refractivity contribution >= 4 is 18.2 Å². The molecule has 13 atom stereocenters. The Balaban J connectivity index is 1.29. The number of rotatable bonds is 7. The molecule has 0 aromatic rings. The van der Waals surface area contributed by atoms with Crippen LogP contribution in [0.15, 0.2) is 11.6 Å². The van der Waals surface area contributed by atoms with E-state index < -0.39 is 64.9 Å². The lowest BCUT2D eigenvalue weighted by molar-refractivity contribution is -0.447. The fraction of sp³-hybridized carbons (Fsp3) is 0.821. The van der Waals surface area contributed by atoms with Gasteiger partial charge in [0.05, 0.1) is 12.0 Å². The molecule has 10 nitrogen and oxygen atoms in total. The Kier molecular flexibility index (Phi) is 5.07. The Morgan fingerprint density at radius 2 is 1.97 bits per heavy atom. The number of ether oxygens (including phenoxy) is 5. The van der Waals surface area contributed by atoms with Gasteiger partial charge in [0.2, 0.25) is 0 Å². The number of hydrogen-bond acceptors (Lipinski definition) is 9. The van der Waals surface area contributed by atoms with E-state index in [2.05, 4.69) is 13.0 Å². The number of carboxylic acid groups (broad SMARTS) is 1. The van der Waals surface area contributed by atoms with Gasteiger partial charge in [0.15, 0.2) is 24.6 Å². The summed E-state index contributed by atoms with van der Waals surface area (Å²) in [7, 11) is 0. The van der Waals surface area contributed by atoms with Gasteiger partial charge < -0.3 is 34.0 Å². The molecule has 0 radical (unpaired) electrons. The predicted molar refractivity (Wildman–Crippen MR) is 127 cm³/mol. The lowest BCUT2D eigenvalue weighted by Crippen LogP contribution is -2.66. The molecule has 4 aliphatic carbocycles. The van der Waals surface area contributed by atoms with Crippen LogP contribution in [0.4, 0.5) is 0 Å². The number of aldehydes is 1. The summed E-state index contributed by atoms with van der Waals surface area (Å²) >= 11 is 0. The molecule has 0 spiro atoms. The summed E-state index contributed by atoms with van der Waals surface area (Å²) < 4.78 is 29.5. The molecule has 8 aliphatic rings. The Morgan fingerprint density at radius 1 is 1.21 bits per heavy atom. The third-order valence-corrected chi connectivity index (χ3v) is 11.4. The molecule has 0 amide bonds. The van der Waals surface area contributed by atoms with Crippen LogP contribution in [-0.2, 0) is 38.1 Å². The van der Waals surface area contributed by atoms with E-state index in [0.717, 1.165) is 24.7 Å². The van der Waals surface area contributed by atoms with E-state index in [1.807, 2.05) is 13.8 Å². The minimum Gasteiger partial charge on any atom is -0.481 e. The highest BCUT2D eigenvalue weighted by Gasteiger charge is 2.85. The summed E-state index contributed by atoms with van der Waals surface area (Å²) in [5.74, 6) is -2.98. The highest BCUT2D eigenvalue weighted by molar-refractivity contribution is 5.90. The van der Waals surface area contributed by atoms with E-state index in [-0.39, 0.29) is 30.3 Å². The van der Waals surface area contributed by atoms with Crippen molar-refractivity contribution in [2.75, 3.05) is 6.61 Å². The first-order chi connectivity index (χ1) is 18.0. The lowest BCUT2D eigenvalue weighted by atomic mass is 9.43. The molecule has 4 aliphatic heterocycles. The topological polar surface area (TPSA) is 138 Å². The second kappa shape index (κ2) is 7.66. The molecule has 38 heavy (non-hydrogen) atoms. The quantitative estimate of drug-likeness (QED) is 0.285. The summed E-state index contributed by atoms with van der Waals surface area (Å²) in [6.07, 6.45) is 1.24. The Morgan fingerprint density at radius 3 is 2.63 bits per heavy atom. The van der Waals surface area contributed by atoms with Gasteiger partial charge in [0, 0.05) is 12.3 Å². The fourth-order valence-electron chi connectivity index (χ4n) is 10.2. The second-order valence-corrected chi connectivity index (χ2v) is 13.1. The Hall–Kier alpha value is -1.85. The van der Waals surface area contributed by atoms with E-state index in [4.69, 9.17) is 23.7 Å². The summed E-state index contributed by atoms with van der Waals surface area (Å²) in [6.45, 7) is 7.41. The summed E-state index contributed by atoms with van der Waals surface area (Å²) in [5.41, 5.74) is -2.50. The number of hydrogen-bond donors (Lipinski definition) is 2. The van der Waals surface area contributed by atoms with E-state index >= 15 is 0 Å². The molecule has 8 bridgehead atoms. The molecule has 2 N–H and O–H groups in total. The molecule has 0 unspecified atom stereocenters. The number of fused-ring (bicyclic) bond motifs is 2. The summed E-state index contributed by atoms with van der Waals surface area (Å²) in [4.78, 5) is 38.4. The first kappa shape index (κ1) is 25.1. The zero-order chi connectivity index (χ0) is 27.0. The van der Waals surface area contributed by atoms with Crippen molar-refractivity contribution in [3.63, 3.8) is 0 Å². The molecule has 8 rings (SSSR count). The van der Waals surface area contributed by atoms with E-state index in [9.17, 15) is 24.6 Å². The molecule has 10 heteroatoms. The van der Waals surface area contributed by atoms with Crippen molar-refractivity contribution in [3.8, 4) is 0 Å². The van der Waals surface area contributed by atoms with Crippen LogP contribution in [0.25, 0.3) is 0 Å². The molecular weight excluding hydrogens is 496 g/mol. The standard InChI is InChI=1S/C28H36O10/c1-12(2)18-7-15-8-25(10-29)17-6-5-13(3)16(17)9-26(15,27(18,25)24(32)33)11-34-28-22(31)20-19(35-14(4)30)21(37-28)23(36-20)38-28/h7,10,12-13,15-17,19-23,31H,5-6,8-9,11H2,1-4H3,(H,32,33)/t13-,15+,16-,17-,19+,20+,21+,22+,23+,25-,26+,27+,28-/m1/s1. The molecule has 0 aromatic carbocycles. The number of aliphatic hydroxyl groups excluding tert-OH is 1. The van der Waals surface area contributed by atoms with Crippen LogP contribution < -0.4 is 0 Å². The van der Waals surface area contributed by atoms with Gasteiger partial charge in [-0.2, -0.15) is 0 Å². The van der Waals surface area contributed by atoms with Gasteiger partial charge in [-0.15, -0.1) is 0 Å². The van der Waals surface area contributed by atoms with Crippen molar-refractivity contribution in [3.05, 3.63) is 11.6 Å². The van der Waals surface area contributed by atoms with E-state index in [1.165, 1.54) is 6.92 Å². The Labute approximate surface area is 221 Å². The minimum absolute atomic E-state index is 0.0130. The van der Waals surface area contributed by atoms with Gasteiger partial charge in [0.1, 0.15) is 17.8 Å². The van der Waals surface area contributed by atoms with Crippen LogP contribution in [0.2, 0.25) is 0 Å². The van der Waals surface area contributed by atoms with Gasteiger partial charge in [-0.05, 0) is 48.9 Å². The van der Waals surface area contributed by atoms with Gasteiger partial charge in [-0.3, -0.25) is 14.3 Å². The molecule has 208 valence electrons. The number of carboxylic acids is 1. The molecular formula is C28H36O10. The van der Waals surface area contributed by atoms with Gasteiger partial charge in [-0.1, -0.05) is 38.8 Å². The maximum Gasteiger partial charge on any atom is 0.316 e. The van der Waals surface area contributed by atoms with Crippen LogP contribution in [0.3, 0.4) is 0 Å². The second-order valence-electron chi connectivity index (χ2n) is 13.1. The number of aliphatic carboxylic acids is 1. The van der Waals surface area contributed by atoms with Crippen molar-refractivity contribution in [1.29, 1.82) is 0 Å². The van der Waals surface area contributed by atoms with Crippen molar-refractivity contribution in [2.24, 2.45) is 45.8 Å².